The first kappa shape index (κ1) is 46.2. The molecule has 0 radical (unpaired) electrons. The molecule has 6 aromatic carbocycles. The van der Waals surface area contributed by atoms with Crippen molar-refractivity contribution in [2.75, 3.05) is 19.6 Å². The van der Waals surface area contributed by atoms with Crippen LogP contribution < -0.4 is 29.1 Å². The van der Waals surface area contributed by atoms with E-state index in [0.717, 1.165) is 30.7 Å². The normalized spacial score (nSPS) is 15.1. The quantitative estimate of drug-likeness (QED) is 0.0850. The molecular formula is C56H38N4O11. The second-order valence-corrected chi connectivity index (χ2v) is 16.7. The van der Waals surface area contributed by atoms with Gasteiger partial charge >= 0.3 is 0 Å². The van der Waals surface area contributed by atoms with Crippen LogP contribution in [0.4, 0.5) is 22.7 Å². The summed E-state index contributed by atoms with van der Waals surface area (Å²) in [7, 11) is 0. The van der Waals surface area contributed by atoms with Crippen LogP contribution in [0.15, 0.2) is 194 Å². The number of imide groups is 4. The zero-order chi connectivity index (χ0) is 50.0. The number of hydrogen-bond donors (Lipinski definition) is 0. The zero-order valence-corrected chi connectivity index (χ0v) is 37.8. The minimum Gasteiger partial charge on any atom is -0.457 e. The Morgan fingerprint density at radius 3 is 0.732 bits per heavy atom. The minimum absolute atomic E-state index is 0.271. The number of anilines is 4. The fourth-order valence-corrected chi connectivity index (χ4v) is 7.95. The van der Waals surface area contributed by atoms with Gasteiger partial charge in [0.1, 0.15) is 23.0 Å². The van der Waals surface area contributed by atoms with Crippen molar-refractivity contribution in [3.63, 3.8) is 0 Å². The third kappa shape index (κ3) is 9.51. The topological polar surface area (TPSA) is 185 Å². The van der Waals surface area contributed by atoms with Gasteiger partial charge in [0.25, 0.3) is 47.3 Å². The van der Waals surface area contributed by atoms with E-state index in [4.69, 9.17) is 9.47 Å². The van der Waals surface area contributed by atoms with E-state index in [9.17, 15) is 43.2 Å². The van der Waals surface area contributed by atoms with Crippen molar-refractivity contribution in [3.05, 3.63) is 216 Å². The highest BCUT2D eigenvalue weighted by atomic mass is 16.5. The Morgan fingerprint density at radius 1 is 0.310 bits per heavy atom. The number of carbonyl (C=O) groups excluding carboxylic acids is 9. The molecule has 0 N–H and O–H groups in total. The second kappa shape index (κ2) is 19.0. The lowest BCUT2D eigenvalue weighted by Gasteiger charge is -2.26. The highest BCUT2D eigenvalue weighted by Crippen LogP contribution is 2.36. The third-order valence-corrected chi connectivity index (χ3v) is 11.8. The number of amides is 8. The monoisotopic (exact) mass is 942 g/mol. The number of ketones is 1. The van der Waals surface area contributed by atoms with E-state index in [0.29, 0.717) is 56.9 Å². The van der Waals surface area contributed by atoms with Crippen LogP contribution in [0.5, 0.6) is 23.0 Å². The first-order valence-electron chi connectivity index (χ1n) is 21.9. The molecule has 0 atom stereocenters. The van der Waals surface area contributed by atoms with Crippen LogP contribution in [0.3, 0.4) is 0 Å². The smallest absolute Gasteiger partial charge is 0.258 e. The minimum atomic E-state index is -0.430. The molecule has 0 saturated heterocycles. The number of rotatable bonds is 12. The molecule has 4 heterocycles. The Morgan fingerprint density at radius 2 is 0.507 bits per heavy atom. The molecule has 15 nitrogen and oxygen atoms in total. The Kier molecular flexibility index (Phi) is 12.4. The molecule has 0 saturated carbocycles. The van der Waals surface area contributed by atoms with E-state index in [1.54, 1.807) is 48.5 Å². The molecule has 71 heavy (non-hydrogen) atoms. The van der Waals surface area contributed by atoms with E-state index in [-0.39, 0.29) is 34.8 Å². The summed E-state index contributed by atoms with van der Waals surface area (Å²) in [6.07, 6.45) is 9.76. The molecule has 348 valence electrons. The summed E-state index contributed by atoms with van der Waals surface area (Å²) in [6, 6.07) is 41.5. The van der Waals surface area contributed by atoms with Crippen LogP contribution in [-0.2, 0) is 43.8 Å². The van der Waals surface area contributed by atoms with Gasteiger partial charge in [-0.1, -0.05) is 38.1 Å². The average molecular weight is 943 g/mol. The summed E-state index contributed by atoms with van der Waals surface area (Å²) >= 11 is 0. The van der Waals surface area contributed by atoms with Crippen LogP contribution in [-0.4, -0.2) is 53.0 Å². The summed E-state index contributed by atoms with van der Waals surface area (Å²) in [5.74, 6) is -0.950. The fraction of sp³-hybridized carbons (Fsp3) is 0.0536. The van der Waals surface area contributed by atoms with E-state index in [1.807, 2.05) is 48.5 Å². The van der Waals surface area contributed by atoms with Crippen LogP contribution in [0.2, 0.25) is 0 Å². The van der Waals surface area contributed by atoms with Crippen LogP contribution >= 0.6 is 0 Å². The Balaban J connectivity index is 0.000000192. The number of hydrogen-bond acceptors (Lipinski definition) is 11. The van der Waals surface area contributed by atoms with E-state index in [1.165, 1.54) is 97.1 Å². The number of benzene rings is 6. The molecule has 0 fully saturated rings. The predicted octanol–water partition coefficient (Wildman–Crippen LogP) is 8.23. The summed E-state index contributed by atoms with van der Waals surface area (Å²) in [5.41, 5.74) is 4.38. The van der Waals surface area contributed by atoms with Gasteiger partial charge in [-0.2, -0.15) is 0 Å². The van der Waals surface area contributed by atoms with Crippen LogP contribution in [0.1, 0.15) is 40.9 Å². The van der Waals surface area contributed by atoms with Gasteiger partial charge in [0, 0.05) is 65.2 Å². The van der Waals surface area contributed by atoms with Crippen molar-refractivity contribution < 1.29 is 52.6 Å². The van der Waals surface area contributed by atoms with Gasteiger partial charge in [-0.15, -0.1) is 0 Å². The molecule has 6 aromatic rings. The lowest BCUT2D eigenvalue weighted by atomic mass is 9.78. The van der Waals surface area contributed by atoms with Crippen molar-refractivity contribution >= 4 is 75.8 Å². The van der Waals surface area contributed by atoms with Gasteiger partial charge in [0.2, 0.25) is 0 Å². The maximum absolute atomic E-state index is 12.6. The fourth-order valence-electron chi connectivity index (χ4n) is 7.95. The molecule has 10 rings (SSSR count). The SMILES string of the molecule is CC(C)(c1ccc(Oc2ccc(N3C(=O)C=CC3=O)cc2)cc1)c1ccc(Oc2ccc(N3C(=O)C=CC3=O)cc2)cc1.O=C(c1ccc(N2C(=O)C=CC2=O)cc1)c1ccc(N2C(=O)C=CC2=O)cc1. The molecular weight excluding hydrogens is 905 g/mol. The molecule has 0 aromatic heterocycles. The molecule has 0 unspecified atom stereocenters. The standard InChI is InChI=1S/C35H26N2O6.C21H12N2O5/c1-35(2,23-3-11-27(12-4-23)42-29-15-7-25(8-16-29)36-31(38)19-20-32(36)39)24-5-13-28(14-6-24)43-30-17-9-26(10-18-30)37-33(40)21-22-34(37)41;24-17-9-10-18(25)22(17)15-5-1-13(2-6-15)21(28)14-3-7-16(8-4-14)23-19(26)11-12-20(23)27/h3-22H,1-2H3;1-12H. The average Bonchev–Trinajstić information content (AvgIpc) is 4.12. The van der Waals surface area contributed by atoms with E-state index >= 15 is 0 Å². The summed E-state index contributed by atoms with van der Waals surface area (Å²) in [4.78, 5) is 111. The second-order valence-electron chi connectivity index (χ2n) is 16.7. The third-order valence-electron chi connectivity index (χ3n) is 11.8. The highest BCUT2D eigenvalue weighted by Gasteiger charge is 2.29. The maximum atomic E-state index is 12.6. The molecule has 4 aliphatic heterocycles. The van der Waals surface area contributed by atoms with Gasteiger partial charge in [-0.3, -0.25) is 43.2 Å². The zero-order valence-electron chi connectivity index (χ0n) is 37.8. The number of ether oxygens (including phenoxy) is 2. The van der Waals surface area contributed by atoms with Gasteiger partial charge in [-0.25, -0.2) is 19.6 Å². The van der Waals surface area contributed by atoms with E-state index < -0.39 is 23.6 Å². The number of nitrogens with zero attached hydrogens (tertiary/aromatic N) is 4. The van der Waals surface area contributed by atoms with Gasteiger partial charge in [0.15, 0.2) is 5.78 Å². The lowest BCUT2D eigenvalue weighted by molar-refractivity contribution is -0.121. The predicted molar refractivity (Wildman–Crippen MR) is 261 cm³/mol. The molecule has 8 amide bonds. The van der Waals surface area contributed by atoms with Crippen molar-refractivity contribution in [2.24, 2.45) is 0 Å². The largest absolute Gasteiger partial charge is 0.457 e. The van der Waals surface area contributed by atoms with Crippen molar-refractivity contribution in [2.45, 2.75) is 19.3 Å². The Labute approximate surface area is 405 Å². The van der Waals surface area contributed by atoms with Crippen molar-refractivity contribution in [1.29, 1.82) is 0 Å². The maximum Gasteiger partial charge on any atom is 0.258 e. The first-order chi connectivity index (χ1) is 34.1. The van der Waals surface area contributed by atoms with Crippen LogP contribution in [0.25, 0.3) is 0 Å². The van der Waals surface area contributed by atoms with Crippen LogP contribution in [0, 0.1) is 0 Å². The molecule has 0 spiro atoms. The molecule has 4 aliphatic rings. The van der Waals surface area contributed by atoms with Crippen molar-refractivity contribution in [1.82, 2.24) is 0 Å². The molecule has 15 heteroatoms. The Bertz CT molecular complexity index is 3020. The van der Waals surface area contributed by atoms with Gasteiger partial charge < -0.3 is 9.47 Å². The lowest BCUT2D eigenvalue weighted by Crippen LogP contribution is -2.29. The van der Waals surface area contributed by atoms with Crippen molar-refractivity contribution in [3.8, 4) is 23.0 Å². The summed E-state index contributed by atoms with van der Waals surface area (Å²) < 4.78 is 12.0. The molecule has 0 bridgehead atoms. The summed E-state index contributed by atoms with van der Waals surface area (Å²) in [6.45, 7) is 4.28. The van der Waals surface area contributed by atoms with Gasteiger partial charge in [-0.05, 0) is 132 Å². The highest BCUT2D eigenvalue weighted by molar-refractivity contribution is 6.30. The first-order valence-corrected chi connectivity index (χ1v) is 21.9. The van der Waals surface area contributed by atoms with E-state index in [2.05, 4.69) is 13.8 Å². The summed E-state index contributed by atoms with van der Waals surface area (Å²) in [5, 5.41) is 0. The van der Waals surface area contributed by atoms with Gasteiger partial charge in [0.05, 0.1) is 22.7 Å². The molecule has 0 aliphatic carbocycles. The Hall–Kier alpha value is -9.89. The number of carbonyl (C=O) groups is 9.